The highest BCUT2D eigenvalue weighted by atomic mass is 32.2. The van der Waals surface area contributed by atoms with Crippen molar-refractivity contribution in [2.75, 3.05) is 13.7 Å². The predicted octanol–water partition coefficient (Wildman–Crippen LogP) is 7.18. The van der Waals surface area contributed by atoms with Gasteiger partial charge in [-0.2, -0.15) is 0 Å². The van der Waals surface area contributed by atoms with Gasteiger partial charge in [0.15, 0.2) is 34.2 Å². The number of methoxy groups -OCH3 is 1. The summed E-state index contributed by atoms with van der Waals surface area (Å²) in [6, 6.07) is 19.0. The first-order valence-electron chi connectivity index (χ1n) is 11.9. The van der Waals surface area contributed by atoms with E-state index in [4.69, 9.17) is 9.72 Å². The second kappa shape index (κ2) is 11.5. The number of thioether (sulfide) groups is 1. The quantitative estimate of drug-likeness (QED) is 0.0633. The van der Waals surface area contributed by atoms with Crippen molar-refractivity contribution >= 4 is 22.7 Å². The third-order valence-corrected chi connectivity index (χ3v) is 7.11. The molecule has 0 N–H and O–H groups in total. The van der Waals surface area contributed by atoms with Crippen LogP contribution in [0.5, 0.6) is 0 Å². The molecule has 0 aliphatic rings. The number of para-hydroxylation sites is 1. The van der Waals surface area contributed by atoms with Crippen LogP contribution in [0.3, 0.4) is 0 Å². The molecule has 3 aromatic carbocycles. The van der Waals surface area contributed by atoms with Gasteiger partial charge in [-0.3, -0.25) is 0 Å². The van der Waals surface area contributed by atoms with Gasteiger partial charge in [-0.05, 0) is 18.6 Å². The third kappa shape index (κ3) is 5.24. The van der Waals surface area contributed by atoms with E-state index in [2.05, 4.69) is 10.2 Å². The fourth-order valence-electron chi connectivity index (χ4n) is 4.19. The second-order valence-corrected chi connectivity index (χ2v) is 9.52. The van der Waals surface area contributed by atoms with Crippen LogP contribution >= 0.6 is 11.8 Å². The van der Waals surface area contributed by atoms with Crippen molar-refractivity contribution in [2.45, 2.75) is 23.9 Å². The number of hydrogen-bond acceptors (Lipinski definition) is 5. The molecular weight excluding hydrogens is 535 g/mol. The Hall–Kier alpha value is -3.83. The summed E-state index contributed by atoms with van der Waals surface area (Å²) in [6.07, 6.45) is 0.562. The molecule has 0 fully saturated rings. The molecule has 0 aliphatic heterocycles. The zero-order valence-corrected chi connectivity index (χ0v) is 21.4. The topological polar surface area (TPSA) is 52.8 Å². The minimum Gasteiger partial charge on any atom is -0.385 e. The van der Waals surface area contributed by atoms with Gasteiger partial charge in [0.25, 0.3) is 0 Å². The monoisotopic (exact) mass is 556 g/mol. The second-order valence-electron chi connectivity index (χ2n) is 8.58. The first kappa shape index (κ1) is 26.8. The Morgan fingerprint density at radius 1 is 0.821 bits per heavy atom. The van der Waals surface area contributed by atoms with Crippen molar-refractivity contribution in [3.8, 4) is 22.6 Å². The molecule has 11 heteroatoms. The summed E-state index contributed by atoms with van der Waals surface area (Å²) >= 11 is 0.828. The van der Waals surface area contributed by atoms with Gasteiger partial charge in [0.05, 0.1) is 11.2 Å². The van der Waals surface area contributed by atoms with Crippen LogP contribution in [0.4, 0.5) is 22.0 Å². The van der Waals surface area contributed by atoms with E-state index in [1.54, 1.807) is 11.7 Å². The van der Waals surface area contributed by atoms with Crippen molar-refractivity contribution < 1.29 is 26.7 Å². The Labute approximate surface area is 224 Å². The summed E-state index contributed by atoms with van der Waals surface area (Å²) < 4.78 is 76.5. The predicted molar refractivity (Wildman–Crippen MR) is 138 cm³/mol. The van der Waals surface area contributed by atoms with Crippen LogP contribution in [0.1, 0.15) is 12.0 Å². The smallest absolute Gasteiger partial charge is 0.200 e. The fraction of sp³-hybridized carbons (Fsp3) is 0.179. The molecule has 0 amide bonds. The zero-order valence-electron chi connectivity index (χ0n) is 20.6. The van der Waals surface area contributed by atoms with E-state index >= 15 is 0 Å². The Morgan fingerprint density at radius 3 is 2.21 bits per heavy atom. The van der Waals surface area contributed by atoms with Crippen LogP contribution in [-0.2, 0) is 17.0 Å². The lowest BCUT2D eigenvalue weighted by molar-refractivity contribution is 0.189. The Bertz CT molecular complexity index is 1620. The summed E-state index contributed by atoms with van der Waals surface area (Å²) in [5.74, 6) is -9.95. The Morgan fingerprint density at radius 2 is 1.49 bits per heavy atom. The maximum atomic E-state index is 14.3. The molecule has 2 aromatic heterocycles. The van der Waals surface area contributed by atoms with Gasteiger partial charge < -0.3 is 9.30 Å². The van der Waals surface area contributed by atoms with E-state index in [0.717, 1.165) is 33.8 Å². The lowest BCUT2D eigenvalue weighted by Gasteiger charge is -2.13. The molecule has 5 nitrogen and oxygen atoms in total. The number of halogens is 5. The number of rotatable bonds is 9. The largest absolute Gasteiger partial charge is 0.385 e. The van der Waals surface area contributed by atoms with Gasteiger partial charge >= 0.3 is 0 Å². The number of aromatic nitrogens is 4. The van der Waals surface area contributed by atoms with E-state index in [-0.39, 0.29) is 5.16 Å². The molecule has 0 saturated heterocycles. The minimum absolute atomic E-state index is 0.257. The molecule has 5 rings (SSSR count). The molecule has 0 saturated carbocycles. The molecule has 200 valence electrons. The van der Waals surface area contributed by atoms with Crippen molar-refractivity contribution in [1.82, 2.24) is 19.7 Å². The van der Waals surface area contributed by atoms with Crippen LogP contribution in [0.2, 0.25) is 0 Å². The average Bonchev–Trinajstić information content (AvgIpc) is 3.37. The molecule has 0 spiro atoms. The van der Waals surface area contributed by atoms with Gasteiger partial charge in [-0.15, -0.1) is 10.2 Å². The molecule has 5 aromatic rings. The molecule has 0 atom stereocenters. The minimum atomic E-state index is -2.19. The lowest BCUT2D eigenvalue weighted by atomic mass is 10.0. The standard InChI is InChI=1S/C28H21F5N4OS/c1-38-13-7-12-37-27(35-36-28(37)39-15-19-22(29)24(31)26(33)25(32)23(19)30)18-14-21(16-8-3-2-4-9-16)34-20-11-6-5-10-17(18)20/h2-6,8-11,14H,7,12-13,15H2,1H3. The number of pyridine rings is 1. The number of hydrogen-bond donors (Lipinski definition) is 0. The average molecular weight is 557 g/mol. The maximum absolute atomic E-state index is 14.3. The third-order valence-electron chi connectivity index (χ3n) is 6.12. The summed E-state index contributed by atoms with van der Waals surface area (Å²) in [5, 5.41) is 9.68. The lowest BCUT2D eigenvalue weighted by Crippen LogP contribution is -2.08. The SMILES string of the molecule is COCCCn1c(SCc2c(F)c(F)c(F)c(F)c2F)nnc1-c1cc(-c2ccccc2)nc2ccccc12. The van der Waals surface area contributed by atoms with Crippen LogP contribution in [0, 0.1) is 29.1 Å². The number of nitrogens with zero attached hydrogens (tertiary/aromatic N) is 4. The first-order chi connectivity index (χ1) is 18.9. The van der Waals surface area contributed by atoms with Crippen molar-refractivity contribution in [3.63, 3.8) is 0 Å². The summed E-state index contributed by atoms with van der Waals surface area (Å²) in [5.41, 5.74) is 2.15. The van der Waals surface area contributed by atoms with Crippen molar-refractivity contribution in [1.29, 1.82) is 0 Å². The van der Waals surface area contributed by atoms with Crippen molar-refractivity contribution in [3.05, 3.63) is 95.3 Å². The maximum Gasteiger partial charge on any atom is 0.200 e. The summed E-state index contributed by atoms with van der Waals surface area (Å²) in [7, 11) is 1.56. The zero-order chi connectivity index (χ0) is 27.5. The van der Waals surface area contributed by atoms with Crippen LogP contribution in [-0.4, -0.2) is 33.5 Å². The Balaban J connectivity index is 1.59. The van der Waals surface area contributed by atoms with Gasteiger partial charge in [-0.25, -0.2) is 26.9 Å². The van der Waals surface area contributed by atoms with Crippen LogP contribution < -0.4 is 0 Å². The van der Waals surface area contributed by atoms with Gasteiger partial charge in [0.2, 0.25) is 5.82 Å². The highest BCUT2D eigenvalue weighted by Gasteiger charge is 2.26. The number of fused-ring (bicyclic) bond motifs is 1. The number of ether oxygens (including phenoxy) is 1. The van der Waals surface area contributed by atoms with E-state index in [1.165, 1.54) is 0 Å². The number of benzene rings is 3. The molecular formula is C28H21F5N4OS. The fourth-order valence-corrected chi connectivity index (χ4v) is 5.15. The summed E-state index contributed by atoms with van der Waals surface area (Å²) in [4.78, 5) is 4.79. The van der Waals surface area contributed by atoms with Crippen molar-refractivity contribution in [2.24, 2.45) is 0 Å². The van der Waals surface area contributed by atoms with Gasteiger partial charge in [-0.1, -0.05) is 60.3 Å². The van der Waals surface area contributed by atoms with E-state index in [0.29, 0.717) is 31.1 Å². The molecule has 2 heterocycles. The van der Waals surface area contributed by atoms with E-state index in [1.807, 2.05) is 60.7 Å². The molecule has 0 aliphatic carbocycles. The van der Waals surface area contributed by atoms with Crippen LogP contribution in [0.25, 0.3) is 33.5 Å². The first-order valence-corrected chi connectivity index (χ1v) is 12.9. The normalized spacial score (nSPS) is 11.4. The molecule has 0 radical (unpaired) electrons. The van der Waals surface area contributed by atoms with Gasteiger partial charge in [0.1, 0.15) is 0 Å². The van der Waals surface area contributed by atoms with Gasteiger partial charge in [0, 0.05) is 48.1 Å². The molecule has 0 bridgehead atoms. The highest BCUT2D eigenvalue weighted by molar-refractivity contribution is 7.98. The summed E-state index contributed by atoms with van der Waals surface area (Å²) in [6.45, 7) is 0.804. The Kier molecular flexibility index (Phi) is 7.89. The van der Waals surface area contributed by atoms with E-state index < -0.39 is 40.4 Å². The van der Waals surface area contributed by atoms with Crippen LogP contribution in [0.15, 0.2) is 65.8 Å². The van der Waals surface area contributed by atoms with E-state index in [9.17, 15) is 22.0 Å². The highest BCUT2D eigenvalue weighted by Crippen LogP contribution is 2.35. The molecule has 39 heavy (non-hydrogen) atoms. The molecule has 0 unspecified atom stereocenters.